The molecule has 39 heavy (non-hydrogen) atoms. The summed E-state index contributed by atoms with van der Waals surface area (Å²) in [4.78, 5) is 13.3. The number of rotatable bonds is 11. The summed E-state index contributed by atoms with van der Waals surface area (Å²) in [5.74, 6) is -0.739. The van der Waals surface area contributed by atoms with Crippen LogP contribution >= 0.6 is 0 Å². The van der Waals surface area contributed by atoms with Crippen LogP contribution in [0.25, 0.3) is 0 Å². The van der Waals surface area contributed by atoms with Crippen molar-refractivity contribution in [2.45, 2.75) is 38.9 Å². The second kappa shape index (κ2) is 12.9. The molecule has 0 amide bonds. The Morgan fingerprint density at radius 2 is 1.51 bits per heavy atom. The van der Waals surface area contributed by atoms with Gasteiger partial charge in [0.15, 0.2) is 11.5 Å². The van der Waals surface area contributed by atoms with Crippen molar-refractivity contribution in [3.05, 3.63) is 82.4 Å². The summed E-state index contributed by atoms with van der Waals surface area (Å²) in [6.07, 6.45) is 0.125. The van der Waals surface area contributed by atoms with Gasteiger partial charge in [-0.1, -0.05) is 23.8 Å². The minimum atomic E-state index is -1.35. The van der Waals surface area contributed by atoms with Crippen molar-refractivity contribution in [2.75, 3.05) is 21.3 Å². The molecular weight excluding hydrogens is 504 g/mol. The Morgan fingerprint density at radius 1 is 0.872 bits per heavy atom. The molecule has 0 saturated heterocycles. The number of phenolic OH excluding ortho intramolecular Hbond substituents is 3. The van der Waals surface area contributed by atoms with Crippen LogP contribution < -0.4 is 14.2 Å². The van der Waals surface area contributed by atoms with E-state index in [0.29, 0.717) is 23.1 Å². The van der Waals surface area contributed by atoms with Crippen molar-refractivity contribution in [1.82, 2.24) is 0 Å². The average Bonchev–Trinajstić information content (AvgIpc) is 2.92. The number of benzene rings is 3. The van der Waals surface area contributed by atoms with Gasteiger partial charge < -0.3 is 39.4 Å². The van der Waals surface area contributed by atoms with E-state index in [9.17, 15) is 25.2 Å². The van der Waals surface area contributed by atoms with Gasteiger partial charge in [-0.3, -0.25) is 0 Å². The zero-order chi connectivity index (χ0) is 28.7. The van der Waals surface area contributed by atoms with E-state index < -0.39 is 18.2 Å². The lowest BCUT2D eigenvalue weighted by atomic mass is 9.95. The highest BCUT2D eigenvalue weighted by Crippen LogP contribution is 2.38. The third-order valence-corrected chi connectivity index (χ3v) is 6.17. The molecule has 0 spiro atoms. The quantitative estimate of drug-likeness (QED) is 0.200. The van der Waals surface area contributed by atoms with Gasteiger partial charge in [0, 0.05) is 18.1 Å². The molecule has 4 N–H and O–H groups in total. The Hall–Kier alpha value is -4.37. The molecule has 3 aromatic carbocycles. The molecule has 0 saturated carbocycles. The first-order valence-electron chi connectivity index (χ1n) is 12.2. The highest BCUT2D eigenvalue weighted by Gasteiger charge is 2.29. The SMILES string of the molecule is COc1cc(O)ccc1[C@@H](O)[C@H](Cc1ccc(O)c(CC=C(C)C)c1)OC(=O)c1cc(OC)c(O)c(OC)c1. The lowest BCUT2D eigenvalue weighted by Crippen LogP contribution is -2.28. The fourth-order valence-corrected chi connectivity index (χ4v) is 4.05. The maximum atomic E-state index is 13.3. The number of aliphatic hydroxyl groups excluding tert-OH is 1. The number of methoxy groups -OCH3 is 3. The number of aliphatic hydroxyl groups is 1. The van der Waals surface area contributed by atoms with E-state index in [-0.39, 0.29) is 46.5 Å². The molecule has 0 aliphatic carbocycles. The molecule has 0 aromatic heterocycles. The Labute approximate surface area is 227 Å². The maximum absolute atomic E-state index is 13.3. The number of hydrogen-bond acceptors (Lipinski definition) is 9. The van der Waals surface area contributed by atoms with E-state index in [2.05, 4.69) is 0 Å². The van der Waals surface area contributed by atoms with E-state index in [1.165, 1.54) is 51.7 Å². The standard InChI is InChI=1S/C30H34O9/c1-17(2)6-8-19-12-18(7-11-23(19)32)13-27(28(33)22-10-9-21(31)16-24(22)36-3)39-30(35)20-14-25(37-4)29(34)26(15-20)38-5/h6-7,9-12,14-16,27-28,31-34H,8,13H2,1-5H3/t27-,28+/m0/s1. The van der Waals surface area contributed by atoms with Gasteiger partial charge in [0.25, 0.3) is 0 Å². The van der Waals surface area contributed by atoms with Crippen molar-refractivity contribution in [3.8, 4) is 34.5 Å². The van der Waals surface area contributed by atoms with Crippen molar-refractivity contribution in [2.24, 2.45) is 0 Å². The number of aromatic hydroxyl groups is 3. The summed E-state index contributed by atoms with van der Waals surface area (Å²) in [5.41, 5.74) is 2.83. The van der Waals surface area contributed by atoms with Crippen LogP contribution in [0, 0.1) is 0 Å². The molecule has 0 radical (unpaired) electrons. The molecule has 0 aliphatic heterocycles. The summed E-state index contributed by atoms with van der Waals surface area (Å²) in [5, 5.41) is 41.8. The summed E-state index contributed by atoms with van der Waals surface area (Å²) in [7, 11) is 4.08. The third kappa shape index (κ3) is 7.14. The Kier molecular flexibility index (Phi) is 9.68. The second-order valence-corrected chi connectivity index (χ2v) is 9.20. The van der Waals surface area contributed by atoms with E-state index >= 15 is 0 Å². The van der Waals surface area contributed by atoms with Crippen LogP contribution in [-0.2, 0) is 17.6 Å². The van der Waals surface area contributed by atoms with Gasteiger partial charge in [-0.25, -0.2) is 4.79 Å². The zero-order valence-corrected chi connectivity index (χ0v) is 22.6. The van der Waals surface area contributed by atoms with Crippen molar-refractivity contribution in [3.63, 3.8) is 0 Å². The number of carbonyl (C=O) groups is 1. The normalized spacial score (nSPS) is 12.3. The van der Waals surface area contributed by atoms with Gasteiger partial charge in [-0.15, -0.1) is 0 Å². The minimum Gasteiger partial charge on any atom is -0.508 e. The molecule has 2 atom stereocenters. The van der Waals surface area contributed by atoms with Gasteiger partial charge in [0.2, 0.25) is 5.75 Å². The van der Waals surface area contributed by atoms with Crippen molar-refractivity contribution in [1.29, 1.82) is 0 Å². The molecule has 208 valence electrons. The predicted molar refractivity (Wildman–Crippen MR) is 145 cm³/mol. The highest BCUT2D eigenvalue weighted by molar-refractivity contribution is 5.91. The zero-order valence-electron chi connectivity index (χ0n) is 22.6. The number of esters is 1. The van der Waals surface area contributed by atoms with E-state index in [4.69, 9.17) is 18.9 Å². The van der Waals surface area contributed by atoms with E-state index in [0.717, 1.165) is 5.57 Å². The molecule has 0 bridgehead atoms. The summed E-state index contributed by atoms with van der Waals surface area (Å²) < 4.78 is 21.4. The molecule has 0 unspecified atom stereocenters. The van der Waals surface area contributed by atoms with E-state index in [1.807, 2.05) is 19.9 Å². The number of carbonyl (C=O) groups excluding carboxylic acids is 1. The minimum absolute atomic E-state index is 0.0149. The van der Waals surface area contributed by atoms with Crippen molar-refractivity contribution < 1.29 is 44.2 Å². The summed E-state index contributed by atoms with van der Waals surface area (Å²) in [6, 6.07) is 11.9. The van der Waals surface area contributed by atoms with Crippen LogP contribution in [0.5, 0.6) is 34.5 Å². The topological polar surface area (TPSA) is 135 Å². The van der Waals surface area contributed by atoms with Crippen molar-refractivity contribution >= 4 is 5.97 Å². The maximum Gasteiger partial charge on any atom is 0.338 e. The average molecular weight is 539 g/mol. The van der Waals surface area contributed by atoms with E-state index in [1.54, 1.807) is 18.2 Å². The highest BCUT2D eigenvalue weighted by atomic mass is 16.6. The fourth-order valence-electron chi connectivity index (χ4n) is 4.05. The number of allylic oxidation sites excluding steroid dienone is 2. The Bertz CT molecular complexity index is 1320. The largest absolute Gasteiger partial charge is 0.508 e. The molecule has 9 heteroatoms. The molecule has 3 rings (SSSR count). The summed E-state index contributed by atoms with van der Waals surface area (Å²) in [6.45, 7) is 3.93. The molecule has 0 heterocycles. The van der Waals surface area contributed by atoms with Gasteiger partial charge in [-0.05, 0) is 61.7 Å². The van der Waals surface area contributed by atoms with Crippen LogP contribution in [0.4, 0.5) is 0 Å². The Morgan fingerprint density at radius 3 is 2.10 bits per heavy atom. The molecule has 0 aliphatic rings. The molecule has 3 aromatic rings. The van der Waals surface area contributed by atoms with Crippen LogP contribution in [0.1, 0.15) is 47.0 Å². The Balaban J connectivity index is 2.01. The fraction of sp³-hybridized carbons (Fsp3) is 0.300. The first-order valence-corrected chi connectivity index (χ1v) is 12.2. The first kappa shape index (κ1) is 29.2. The number of ether oxygens (including phenoxy) is 4. The third-order valence-electron chi connectivity index (χ3n) is 6.17. The van der Waals surface area contributed by atoms with Crippen LogP contribution in [-0.4, -0.2) is 53.8 Å². The molecule has 9 nitrogen and oxygen atoms in total. The predicted octanol–water partition coefficient (Wildman–Crippen LogP) is 4.84. The van der Waals surface area contributed by atoms with Gasteiger partial charge in [-0.2, -0.15) is 0 Å². The number of phenols is 3. The lowest BCUT2D eigenvalue weighted by Gasteiger charge is -2.25. The van der Waals surface area contributed by atoms with Crippen LogP contribution in [0.15, 0.2) is 60.2 Å². The second-order valence-electron chi connectivity index (χ2n) is 9.20. The van der Waals surface area contributed by atoms with Gasteiger partial charge in [0.1, 0.15) is 29.5 Å². The van der Waals surface area contributed by atoms with Crippen LogP contribution in [0.2, 0.25) is 0 Å². The molecular formula is C30H34O9. The molecule has 0 fully saturated rings. The van der Waals surface area contributed by atoms with Crippen LogP contribution in [0.3, 0.4) is 0 Å². The summed E-state index contributed by atoms with van der Waals surface area (Å²) >= 11 is 0. The first-order chi connectivity index (χ1) is 18.6. The number of hydrogen-bond donors (Lipinski definition) is 4. The van der Waals surface area contributed by atoms with Gasteiger partial charge >= 0.3 is 5.97 Å². The monoisotopic (exact) mass is 538 g/mol. The van der Waals surface area contributed by atoms with Gasteiger partial charge in [0.05, 0.1) is 26.9 Å². The smallest absolute Gasteiger partial charge is 0.338 e. The lowest BCUT2D eigenvalue weighted by molar-refractivity contribution is -0.0198.